The summed E-state index contributed by atoms with van der Waals surface area (Å²) < 4.78 is 20.7. The van der Waals surface area contributed by atoms with Gasteiger partial charge in [0.2, 0.25) is 0 Å². The van der Waals surface area contributed by atoms with Crippen LogP contribution < -0.4 is 4.90 Å². The van der Waals surface area contributed by atoms with Crippen molar-refractivity contribution in [2.45, 2.75) is 51.8 Å². The van der Waals surface area contributed by atoms with Gasteiger partial charge in [-0.25, -0.2) is 19.0 Å². The molecule has 0 bridgehead atoms. The van der Waals surface area contributed by atoms with Gasteiger partial charge in [0.15, 0.2) is 0 Å². The third-order valence-electron chi connectivity index (χ3n) is 7.09. The number of ether oxygens (including phenoxy) is 1. The lowest BCUT2D eigenvalue weighted by atomic mass is 9.98. The van der Waals surface area contributed by atoms with Crippen LogP contribution in [-0.2, 0) is 16.1 Å². The van der Waals surface area contributed by atoms with E-state index in [0.717, 1.165) is 17.2 Å². The number of halogens is 2. The number of piperidine rings is 1. The first kappa shape index (κ1) is 32.2. The minimum atomic E-state index is -1.03. The van der Waals surface area contributed by atoms with E-state index in [0.29, 0.717) is 53.9 Å². The van der Waals surface area contributed by atoms with Gasteiger partial charge in [0, 0.05) is 48.0 Å². The van der Waals surface area contributed by atoms with Crippen LogP contribution in [0.5, 0.6) is 0 Å². The van der Waals surface area contributed by atoms with Gasteiger partial charge in [-0.1, -0.05) is 30.3 Å². The molecule has 1 amide bonds. The van der Waals surface area contributed by atoms with E-state index in [4.69, 9.17) is 15.1 Å². The van der Waals surface area contributed by atoms with Crippen LogP contribution >= 0.6 is 15.9 Å². The number of nitriles is 2. The van der Waals surface area contributed by atoms with Crippen molar-refractivity contribution in [2.75, 3.05) is 18.0 Å². The normalized spacial score (nSPS) is 13.8. The zero-order valence-corrected chi connectivity index (χ0v) is 26.1. The number of aromatic nitrogens is 1. The maximum absolute atomic E-state index is 14.5. The van der Waals surface area contributed by atoms with Gasteiger partial charge in [0.05, 0.1) is 5.56 Å². The second-order valence-electron chi connectivity index (χ2n) is 11.3. The number of nitrogens with zero attached hydrogens (tertiary/aromatic N) is 5. The third-order valence-corrected chi connectivity index (χ3v) is 7.69. The first-order valence-corrected chi connectivity index (χ1v) is 14.7. The molecule has 0 aliphatic carbocycles. The molecule has 2 heterocycles. The van der Waals surface area contributed by atoms with Crippen molar-refractivity contribution in [1.82, 2.24) is 9.88 Å². The van der Waals surface area contributed by atoms with E-state index in [1.165, 1.54) is 18.2 Å². The number of carbonyl (C=O) groups excluding carboxylic acids is 1. The summed E-state index contributed by atoms with van der Waals surface area (Å²) in [7, 11) is 0. The highest BCUT2D eigenvalue weighted by atomic mass is 79.9. The fourth-order valence-corrected chi connectivity index (χ4v) is 5.55. The van der Waals surface area contributed by atoms with Gasteiger partial charge >= 0.3 is 12.1 Å². The van der Waals surface area contributed by atoms with E-state index in [2.05, 4.69) is 27.0 Å². The molecule has 0 unspecified atom stereocenters. The fraction of sp³-hybridized carbons (Fsp3) is 0.303. The molecule has 1 fully saturated rings. The van der Waals surface area contributed by atoms with Crippen LogP contribution in [0.1, 0.15) is 55.9 Å². The number of anilines is 1. The summed E-state index contributed by atoms with van der Waals surface area (Å²) >= 11 is 3.45. The minimum absolute atomic E-state index is 0.0831. The fourth-order valence-electron chi connectivity index (χ4n) is 5.02. The molecule has 0 atom stereocenters. The second-order valence-corrected chi connectivity index (χ2v) is 12.2. The number of benzene rings is 2. The Morgan fingerprint density at radius 1 is 1.16 bits per heavy atom. The van der Waals surface area contributed by atoms with Crippen molar-refractivity contribution in [1.29, 1.82) is 10.5 Å². The first-order chi connectivity index (χ1) is 20.9. The predicted octanol–water partition coefficient (Wildman–Crippen LogP) is 6.90. The number of hydrogen-bond donors (Lipinski definition) is 1. The van der Waals surface area contributed by atoms with Gasteiger partial charge in [0.1, 0.15) is 34.9 Å². The number of aliphatic carboxylic acids is 1. The molecular weight excluding hydrogens is 629 g/mol. The molecule has 9 nitrogen and oxygen atoms in total. The molecule has 0 radical (unpaired) electrons. The van der Waals surface area contributed by atoms with Crippen molar-refractivity contribution >= 4 is 39.9 Å². The van der Waals surface area contributed by atoms with Crippen molar-refractivity contribution in [2.24, 2.45) is 0 Å². The Labute approximate surface area is 263 Å². The molecule has 1 aromatic heterocycles. The molecular formula is C33H31BrFN5O4. The van der Waals surface area contributed by atoms with Crippen LogP contribution in [0.25, 0.3) is 17.2 Å². The van der Waals surface area contributed by atoms with Crippen LogP contribution in [0.4, 0.5) is 15.0 Å². The topological polar surface area (TPSA) is 131 Å². The van der Waals surface area contributed by atoms with Crippen molar-refractivity contribution < 1.29 is 23.8 Å². The third kappa shape index (κ3) is 7.80. The van der Waals surface area contributed by atoms with E-state index < -0.39 is 23.5 Å². The molecule has 1 aliphatic rings. The number of rotatable bonds is 7. The molecule has 1 N–H and O–H groups in total. The van der Waals surface area contributed by atoms with Crippen LogP contribution in [0.2, 0.25) is 0 Å². The Balaban J connectivity index is 1.57. The number of carboxylic acid groups (broad SMARTS) is 1. The number of hydrogen-bond acceptors (Lipinski definition) is 7. The Kier molecular flexibility index (Phi) is 10.0. The predicted molar refractivity (Wildman–Crippen MR) is 167 cm³/mol. The first-order valence-electron chi connectivity index (χ1n) is 13.9. The maximum Gasteiger partial charge on any atom is 0.410 e. The van der Waals surface area contributed by atoms with Gasteiger partial charge < -0.3 is 19.6 Å². The Morgan fingerprint density at radius 2 is 1.84 bits per heavy atom. The van der Waals surface area contributed by atoms with Gasteiger partial charge in [0.25, 0.3) is 0 Å². The van der Waals surface area contributed by atoms with Gasteiger partial charge in [-0.3, -0.25) is 0 Å². The highest BCUT2D eigenvalue weighted by molar-refractivity contribution is 9.10. The molecule has 2 aromatic carbocycles. The number of carbonyl (C=O) groups is 2. The van der Waals surface area contributed by atoms with Crippen LogP contribution in [0, 0.1) is 28.5 Å². The maximum atomic E-state index is 14.5. The largest absolute Gasteiger partial charge is 0.478 e. The average molecular weight is 661 g/mol. The van der Waals surface area contributed by atoms with Gasteiger partial charge in [-0.2, -0.15) is 10.5 Å². The lowest BCUT2D eigenvalue weighted by Crippen LogP contribution is -2.48. The standard InChI is InChI=1S/C33H31BrFN5O4/c1-33(2,3)44-32(43)40(20-22-6-4-21(5-7-22)8-11-29(41)42)25-12-14-39(15-13-25)31-26(18-37)30(27(34)19-38-31)23-9-10-24(17-36)28(35)16-23/h4-11,16,19,25H,12-15,20H2,1-3H3,(H,41,42)/b11-8+. The minimum Gasteiger partial charge on any atom is -0.478 e. The van der Waals surface area contributed by atoms with Gasteiger partial charge in [-0.05, 0) is 84.4 Å². The Hall–Kier alpha value is -4.74. The van der Waals surface area contributed by atoms with E-state index in [1.807, 2.05) is 43.9 Å². The zero-order valence-electron chi connectivity index (χ0n) is 24.6. The zero-order chi connectivity index (χ0) is 32.0. The summed E-state index contributed by atoms with van der Waals surface area (Å²) in [5.41, 5.74) is 2.04. The lowest BCUT2D eigenvalue weighted by Gasteiger charge is -2.39. The molecule has 226 valence electrons. The number of pyridine rings is 1. The lowest BCUT2D eigenvalue weighted by molar-refractivity contribution is -0.131. The Bertz CT molecular complexity index is 1660. The molecule has 0 spiro atoms. The van der Waals surface area contributed by atoms with E-state index in [9.17, 15) is 19.2 Å². The summed E-state index contributed by atoms with van der Waals surface area (Å²) in [6, 6.07) is 15.4. The molecule has 11 heteroatoms. The molecule has 1 saturated heterocycles. The highest BCUT2D eigenvalue weighted by Crippen LogP contribution is 2.37. The van der Waals surface area contributed by atoms with Crippen molar-refractivity contribution in [3.8, 4) is 23.3 Å². The summed E-state index contributed by atoms with van der Waals surface area (Å²) in [6.45, 7) is 6.76. The molecule has 1 aliphatic heterocycles. The number of amides is 1. The van der Waals surface area contributed by atoms with Crippen LogP contribution in [0.3, 0.4) is 0 Å². The van der Waals surface area contributed by atoms with Crippen molar-refractivity contribution in [3.05, 3.63) is 87.3 Å². The van der Waals surface area contributed by atoms with Gasteiger partial charge in [-0.15, -0.1) is 0 Å². The summed E-state index contributed by atoms with van der Waals surface area (Å²) in [6.07, 6.45) is 4.89. The Morgan fingerprint density at radius 3 is 2.41 bits per heavy atom. The van der Waals surface area contributed by atoms with Crippen LogP contribution in [-0.4, -0.2) is 51.8 Å². The SMILES string of the molecule is CC(C)(C)OC(=O)N(Cc1ccc(/C=C/C(=O)O)cc1)C1CCN(c2ncc(Br)c(-c3ccc(C#N)c(F)c3)c2C#N)CC1. The smallest absolute Gasteiger partial charge is 0.410 e. The summed E-state index contributed by atoms with van der Waals surface area (Å²) in [5, 5.41) is 28.2. The highest BCUT2D eigenvalue weighted by Gasteiger charge is 2.33. The van der Waals surface area contributed by atoms with E-state index in [-0.39, 0.29) is 17.2 Å². The quantitative estimate of drug-likeness (QED) is 0.271. The monoisotopic (exact) mass is 659 g/mol. The summed E-state index contributed by atoms with van der Waals surface area (Å²) in [4.78, 5) is 32.4. The van der Waals surface area contributed by atoms with Crippen molar-refractivity contribution in [3.63, 3.8) is 0 Å². The average Bonchev–Trinajstić information content (AvgIpc) is 2.98. The number of carboxylic acids is 1. The van der Waals surface area contributed by atoms with Crippen LogP contribution in [0.15, 0.2) is 59.2 Å². The molecule has 0 saturated carbocycles. The van der Waals surface area contributed by atoms with E-state index >= 15 is 0 Å². The summed E-state index contributed by atoms with van der Waals surface area (Å²) in [5.74, 6) is -1.24. The molecule has 44 heavy (non-hydrogen) atoms. The van der Waals surface area contributed by atoms with E-state index in [1.54, 1.807) is 29.3 Å². The molecule has 3 aromatic rings. The molecule has 4 rings (SSSR count). The second kappa shape index (κ2) is 13.7.